The molecule has 0 unspecified atom stereocenters. The molecule has 0 aliphatic rings. The number of hydrogen-bond acceptors (Lipinski definition) is 1. The Bertz CT molecular complexity index is 260. The van der Waals surface area contributed by atoms with Gasteiger partial charge in [-0.2, -0.15) is 0 Å². The van der Waals surface area contributed by atoms with Gasteiger partial charge in [-0.25, -0.2) is 0 Å². The molecule has 2 nitrogen and oxygen atoms in total. The van der Waals surface area contributed by atoms with Crippen LogP contribution in [-0.2, 0) is 0 Å². The van der Waals surface area contributed by atoms with Gasteiger partial charge < -0.3 is 10.6 Å². The van der Waals surface area contributed by atoms with Gasteiger partial charge >= 0.3 is 0 Å². The van der Waals surface area contributed by atoms with Gasteiger partial charge in [0.2, 0.25) is 0 Å². The highest BCUT2D eigenvalue weighted by molar-refractivity contribution is 5.34. The van der Waals surface area contributed by atoms with Gasteiger partial charge in [-0.15, -0.1) is 0 Å². The van der Waals surface area contributed by atoms with E-state index in [0.29, 0.717) is 0 Å². The Morgan fingerprint density at radius 1 is 1.62 bits per heavy atom. The Hall–Kier alpha value is -1.18. The first kappa shape index (κ1) is 2.97. The Balaban J connectivity index is 3.19. The standard InChI is InChI=1S/C6H5N2/c7-8-6-4-2-1-3-5-6/h1-5H/q-1/i1D,4D. The van der Waals surface area contributed by atoms with E-state index in [-0.39, 0.29) is 17.8 Å². The Morgan fingerprint density at radius 3 is 3.12 bits per heavy atom. The SMILES string of the molecule is [2H]c1ccc(N=[N-])c([2H])c1. The summed E-state index contributed by atoms with van der Waals surface area (Å²) in [6, 6.07) is 4.51. The average molecular weight is 107 g/mol. The van der Waals surface area contributed by atoms with Crippen LogP contribution in [0.4, 0.5) is 5.69 Å². The van der Waals surface area contributed by atoms with E-state index in [1.807, 2.05) is 0 Å². The van der Waals surface area contributed by atoms with Gasteiger partial charge in [0.05, 0.1) is 2.74 Å². The lowest BCUT2D eigenvalue weighted by atomic mass is 10.3. The highest BCUT2D eigenvalue weighted by atomic mass is 14.9. The molecule has 0 amide bonds. The maximum absolute atomic E-state index is 8.25. The van der Waals surface area contributed by atoms with Crippen molar-refractivity contribution >= 4 is 5.69 Å². The van der Waals surface area contributed by atoms with Gasteiger partial charge in [-0.3, -0.25) is 0 Å². The number of hydrogen-bond donors (Lipinski definition) is 0. The van der Waals surface area contributed by atoms with Crippen molar-refractivity contribution < 1.29 is 2.74 Å². The van der Waals surface area contributed by atoms with E-state index in [2.05, 4.69) is 5.11 Å². The molecule has 0 aromatic heterocycles. The quantitative estimate of drug-likeness (QED) is 0.494. The van der Waals surface area contributed by atoms with Crippen LogP contribution >= 0.6 is 0 Å². The molecule has 0 fully saturated rings. The van der Waals surface area contributed by atoms with Gasteiger partial charge in [0, 0.05) is 5.69 Å². The third-order valence-corrected chi connectivity index (χ3v) is 0.749. The zero-order valence-corrected chi connectivity index (χ0v) is 4.13. The largest absolute Gasteiger partial charge is 0.706 e. The molecule has 0 aliphatic carbocycles. The van der Waals surface area contributed by atoms with E-state index in [1.165, 1.54) is 18.2 Å². The third kappa shape index (κ3) is 0.904. The fourth-order valence-corrected chi connectivity index (χ4v) is 0.401. The minimum absolute atomic E-state index is 0.0648. The minimum Gasteiger partial charge on any atom is -0.706 e. The summed E-state index contributed by atoms with van der Waals surface area (Å²) >= 11 is 0. The Kier molecular flexibility index (Phi) is 0.821. The second-order valence-electron chi connectivity index (χ2n) is 1.27. The van der Waals surface area contributed by atoms with Gasteiger partial charge in [-0.1, -0.05) is 18.2 Å². The third-order valence-electron chi connectivity index (χ3n) is 0.749. The molecule has 0 aliphatic heterocycles. The molecular formula is C6H5N2-. The maximum Gasteiger partial charge on any atom is 0.0645 e. The molecule has 40 valence electrons. The van der Waals surface area contributed by atoms with Crippen molar-refractivity contribution in [2.45, 2.75) is 0 Å². The van der Waals surface area contributed by atoms with Crippen molar-refractivity contribution in [1.82, 2.24) is 0 Å². The first-order valence-corrected chi connectivity index (χ1v) is 2.16. The van der Waals surface area contributed by atoms with E-state index in [1.54, 1.807) is 0 Å². The molecule has 0 bridgehead atoms. The van der Waals surface area contributed by atoms with Crippen molar-refractivity contribution in [3.63, 3.8) is 0 Å². The molecule has 1 rings (SSSR count). The summed E-state index contributed by atoms with van der Waals surface area (Å²) in [6.45, 7) is 0. The minimum atomic E-state index is 0.0648. The summed E-state index contributed by atoms with van der Waals surface area (Å²) in [5, 5.41) is 2.84. The normalized spacial score (nSPS) is 12.0. The Morgan fingerprint density at radius 2 is 2.50 bits per heavy atom. The van der Waals surface area contributed by atoms with Gasteiger partial charge in [0.1, 0.15) is 0 Å². The monoisotopic (exact) mass is 107 g/mol. The summed E-state index contributed by atoms with van der Waals surface area (Å²) in [7, 11) is 0. The van der Waals surface area contributed by atoms with Crippen molar-refractivity contribution in [3.8, 4) is 0 Å². The second kappa shape index (κ2) is 2.21. The summed E-state index contributed by atoms with van der Waals surface area (Å²) in [5.74, 6) is 0. The first-order chi connectivity index (χ1) is 4.74. The zero-order valence-electron chi connectivity index (χ0n) is 6.13. The zero-order chi connectivity index (χ0) is 7.56. The van der Waals surface area contributed by atoms with Gasteiger partial charge in [0.25, 0.3) is 0 Å². The van der Waals surface area contributed by atoms with E-state index in [4.69, 9.17) is 8.27 Å². The van der Waals surface area contributed by atoms with Crippen molar-refractivity contribution in [2.24, 2.45) is 5.11 Å². The van der Waals surface area contributed by atoms with E-state index in [0.717, 1.165) is 0 Å². The van der Waals surface area contributed by atoms with E-state index in [9.17, 15) is 0 Å². The van der Waals surface area contributed by atoms with Crippen LogP contribution in [0.15, 0.2) is 35.4 Å². The molecule has 0 heterocycles. The lowest BCUT2D eigenvalue weighted by Gasteiger charge is -1.91. The van der Waals surface area contributed by atoms with Crippen molar-refractivity contribution in [2.75, 3.05) is 0 Å². The van der Waals surface area contributed by atoms with Crippen LogP contribution in [0.3, 0.4) is 0 Å². The van der Waals surface area contributed by atoms with Crippen LogP contribution in [0.5, 0.6) is 0 Å². The van der Waals surface area contributed by atoms with Crippen LogP contribution in [-0.4, -0.2) is 0 Å². The first-order valence-electron chi connectivity index (χ1n) is 3.16. The van der Waals surface area contributed by atoms with Gasteiger partial charge in [0.15, 0.2) is 0 Å². The topological polar surface area (TPSA) is 34.7 Å². The van der Waals surface area contributed by atoms with Crippen LogP contribution in [0, 0.1) is 0 Å². The average Bonchev–Trinajstić information content (AvgIpc) is 1.88. The fraction of sp³-hybridized carbons (Fsp3) is 0. The Labute approximate surface area is 50.5 Å². The van der Waals surface area contributed by atoms with Crippen LogP contribution in [0.2, 0.25) is 0 Å². The molecule has 0 saturated heterocycles. The predicted molar refractivity (Wildman–Crippen MR) is 31.9 cm³/mol. The number of rotatable bonds is 1. The lowest BCUT2D eigenvalue weighted by molar-refractivity contribution is 1.50. The summed E-state index contributed by atoms with van der Waals surface area (Å²) in [5.41, 5.74) is 8.44. The van der Waals surface area contributed by atoms with Crippen molar-refractivity contribution in [3.05, 3.63) is 35.8 Å². The van der Waals surface area contributed by atoms with E-state index >= 15 is 0 Å². The maximum atomic E-state index is 8.25. The summed E-state index contributed by atoms with van der Waals surface area (Å²) in [6.07, 6.45) is 0. The molecule has 0 radical (unpaired) electrons. The summed E-state index contributed by atoms with van der Waals surface area (Å²) < 4.78 is 14.2. The molecular weight excluding hydrogens is 100 g/mol. The smallest absolute Gasteiger partial charge is 0.0645 e. The van der Waals surface area contributed by atoms with Gasteiger partial charge in [-0.05, 0) is 12.1 Å². The molecule has 0 N–H and O–H groups in total. The molecule has 1 aromatic carbocycles. The predicted octanol–water partition coefficient (Wildman–Crippen LogP) is 2.34. The lowest BCUT2D eigenvalue weighted by Crippen LogP contribution is -1.55. The molecule has 2 heteroatoms. The van der Waals surface area contributed by atoms with Crippen LogP contribution in [0.1, 0.15) is 2.74 Å². The molecule has 1 aromatic rings. The summed E-state index contributed by atoms with van der Waals surface area (Å²) in [4.78, 5) is 0. The molecule has 0 saturated carbocycles. The molecule has 8 heavy (non-hydrogen) atoms. The van der Waals surface area contributed by atoms with Crippen LogP contribution in [0.25, 0.3) is 5.53 Å². The molecule has 0 spiro atoms. The van der Waals surface area contributed by atoms with Crippen LogP contribution < -0.4 is 0 Å². The number of benzene rings is 1. The highest BCUT2D eigenvalue weighted by Crippen LogP contribution is 2.07. The van der Waals surface area contributed by atoms with Crippen molar-refractivity contribution in [1.29, 1.82) is 0 Å². The van der Waals surface area contributed by atoms with E-state index < -0.39 is 0 Å². The fourth-order valence-electron chi connectivity index (χ4n) is 0.401. The highest BCUT2D eigenvalue weighted by Gasteiger charge is 1.74. The second-order valence-corrected chi connectivity index (χ2v) is 1.27. The molecule has 0 atom stereocenters. The number of nitrogens with zero attached hydrogens (tertiary/aromatic N) is 2.